The molecule has 0 spiro atoms. The average molecular weight is 261 g/mol. The number of benzene rings is 1. The minimum atomic E-state index is -0.766. The molecule has 6 nitrogen and oxygen atoms in total. The second-order valence-electron chi connectivity index (χ2n) is 2.55. The summed E-state index contributed by atoms with van der Waals surface area (Å²) in [7, 11) is 0. The number of hydrogen-bond acceptors (Lipinski definition) is 4. The Morgan fingerprint density at radius 3 is 2.21 bits per heavy atom. The highest BCUT2D eigenvalue weighted by Gasteiger charge is 2.27. The van der Waals surface area contributed by atoms with Gasteiger partial charge in [-0.25, -0.2) is 0 Å². The molecule has 0 aliphatic rings. The van der Waals surface area contributed by atoms with Crippen LogP contribution in [0, 0.1) is 27.2 Å². The van der Waals surface area contributed by atoms with Crippen molar-refractivity contribution in [2.75, 3.05) is 0 Å². The molecule has 1 aromatic rings. The number of nitro benzene ring substituents is 2. The van der Waals surface area contributed by atoms with E-state index in [0.717, 1.165) is 6.07 Å². The Morgan fingerprint density at radius 2 is 1.79 bits per heavy atom. The lowest BCUT2D eigenvalue weighted by molar-refractivity contribution is -0.422. The molecule has 0 unspecified atom stereocenters. The number of hydrogen-bond donors (Lipinski definition) is 0. The van der Waals surface area contributed by atoms with Crippen molar-refractivity contribution < 1.29 is 9.85 Å². The van der Waals surface area contributed by atoms with Crippen LogP contribution in [0.25, 0.3) is 0 Å². The van der Waals surface area contributed by atoms with Crippen molar-refractivity contribution in [2.24, 2.45) is 0 Å². The van der Waals surface area contributed by atoms with Crippen molar-refractivity contribution in [3.8, 4) is 0 Å². The quantitative estimate of drug-likeness (QED) is 0.604. The Hall–Kier alpha value is -1.50. The zero-order valence-corrected chi connectivity index (χ0v) is 8.65. The van der Waals surface area contributed by atoms with Gasteiger partial charge in [-0.05, 0) is 13.0 Å². The van der Waals surface area contributed by atoms with E-state index >= 15 is 0 Å². The van der Waals surface area contributed by atoms with Crippen LogP contribution in [-0.2, 0) is 0 Å². The summed E-state index contributed by atoms with van der Waals surface area (Å²) in [6.07, 6.45) is 0. The Morgan fingerprint density at radius 1 is 1.21 bits per heavy atom. The van der Waals surface area contributed by atoms with Crippen LogP contribution >= 0.6 is 15.9 Å². The van der Waals surface area contributed by atoms with Crippen LogP contribution in [0.3, 0.4) is 0 Å². The van der Waals surface area contributed by atoms with E-state index in [4.69, 9.17) is 0 Å². The van der Waals surface area contributed by atoms with Gasteiger partial charge in [0.15, 0.2) is 0 Å². The summed E-state index contributed by atoms with van der Waals surface area (Å²) in [5, 5.41) is 21.1. The molecular weight excluding hydrogens is 256 g/mol. The van der Waals surface area contributed by atoms with Crippen molar-refractivity contribution in [3.63, 3.8) is 0 Å². The highest BCUT2D eigenvalue weighted by molar-refractivity contribution is 9.10. The van der Waals surface area contributed by atoms with Gasteiger partial charge in [0.05, 0.1) is 9.85 Å². The van der Waals surface area contributed by atoms with Crippen LogP contribution in [0.4, 0.5) is 11.4 Å². The van der Waals surface area contributed by atoms with Crippen molar-refractivity contribution in [3.05, 3.63) is 42.4 Å². The molecule has 0 aliphatic carbocycles. The summed E-state index contributed by atoms with van der Waals surface area (Å²) in [6, 6.07) is 2.52. The van der Waals surface area contributed by atoms with Crippen LogP contribution < -0.4 is 0 Å². The molecule has 0 radical (unpaired) electrons. The predicted octanol–water partition coefficient (Wildman–Crippen LogP) is 2.57. The van der Waals surface area contributed by atoms with E-state index in [0.29, 0.717) is 4.47 Å². The maximum atomic E-state index is 10.6. The van der Waals surface area contributed by atoms with Crippen LogP contribution in [0.5, 0.6) is 0 Å². The summed E-state index contributed by atoms with van der Waals surface area (Å²) in [4.78, 5) is 19.5. The number of nitrogens with zero attached hydrogens (tertiary/aromatic N) is 2. The van der Waals surface area contributed by atoms with Crippen LogP contribution in [0.1, 0.15) is 5.56 Å². The van der Waals surface area contributed by atoms with Crippen molar-refractivity contribution in [1.29, 1.82) is 0 Å². The zero-order valence-electron chi connectivity index (χ0n) is 7.06. The Labute approximate surface area is 87.0 Å². The lowest BCUT2D eigenvalue weighted by atomic mass is 10.2. The minimum absolute atomic E-state index is 0.254. The first-order valence-electron chi connectivity index (χ1n) is 3.53. The van der Waals surface area contributed by atoms with Crippen molar-refractivity contribution in [2.45, 2.75) is 6.92 Å². The molecule has 0 saturated carbocycles. The molecule has 74 valence electrons. The topological polar surface area (TPSA) is 86.3 Å². The fraction of sp³-hybridized carbons (Fsp3) is 0.143. The van der Waals surface area contributed by atoms with Gasteiger partial charge in [-0.2, -0.15) is 0 Å². The van der Waals surface area contributed by atoms with E-state index in [2.05, 4.69) is 15.9 Å². The summed E-state index contributed by atoms with van der Waals surface area (Å²) in [5.41, 5.74) is -0.704. The van der Waals surface area contributed by atoms with E-state index in [9.17, 15) is 20.2 Å². The molecule has 0 heterocycles. The molecule has 0 aromatic heterocycles. The summed E-state index contributed by atoms with van der Waals surface area (Å²) >= 11 is 3.07. The van der Waals surface area contributed by atoms with Crippen LogP contribution in [-0.4, -0.2) is 9.85 Å². The summed E-state index contributed by atoms with van der Waals surface area (Å²) < 4.78 is 0.481. The number of halogens is 1. The molecule has 1 aromatic carbocycles. The molecule has 0 amide bonds. The first-order valence-corrected chi connectivity index (χ1v) is 4.32. The van der Waals surface area contributed by atoms with E-state index in [1.807, 2.05) is 0 Å². The maximum Gasteiger partial charge on any atom is 0.350 e. The van der Waals surface area contributed by atoms with Gasteiger partial charge in [0.2, 0.25) is 0 Å². The molecule has 0 bridgehead atoms. The van der Waals surface area contributed by atoms with Crippen molar-refractivity contribution >= 4 is 27.3 Å². The fourth-order valence-corrected chi connectivity index (χ4v) is 1.36. The van der Waals surface area contributed by atoms with Gasteiger partial charge in [0.1, 0.15) is 0 Å². The highest BCUT2D eigenvalue weighted by atomic mass is 79.9. The van der Waals surface area contributed by atoms with E-state index < -0.39 is 21.2 Å². The highest BCUT2D eigenvalue weighted by Crippen LogP contribution is 2.34. The summed E-state index contributed by atoms with van der Waals surface area (Å²) in [5.74, 6) is 0. The Bertz CT molecular complexity index is 418. The molecule has 0 saturated heterocycles. The minimum Gasteiger partial charge on any atom is -0.258 e. The fourth-order valence-electron chi connectivity index (χ4n) is 1.04. The third kappa shape index (κ3) is 1.72. The lowest BCUT2D eigenvalue weighted by Crippen LogP contribution is -1.99. The van der Waals surface area contributed by atoms with Crippen molar-refractivity contribution in [1.82, 2.24) is 0 Å². The third-order valence-corrected chi connectivity index (χ3v) is 2.58. The van der Waals surface area contributed by atoms with Gasteiger partial charge in [-0.1, -0.05) is 15.9 Å². The molecular formula is C7H5BrN2O4. The second kappa shape index (κ2) is 3.70. The maximum absolute atomic E-state index is 10.6. The van der Waals surface area contributed by atoms with Gasteiger partial charge in [0.25, 0.3) is 0 Å². The van der Waals surface area contributed by atoms with Gasteiger partial charge in [-0.3, -0.25) is 20.2 Å². The average Bonchev–Trinajstić information content (AvgIpc) is 2.08. The second-order valence-corrected chi connectivity index (χ2v) is 3.41. The van der Waals surface area contributed by atoms with Gasteiger partial charge in [0, 0.05) is 16.1 Å². The zero-order chi connectivity index (χ0) is 10.9. The molecule has 7 heteroatoms. The molecule has 0 N–H and O–H groups in total. The smallest absolute Gasteiger partial charge is 0.258 e. The summed E-state index contributed by atoms with van der Waals surface area (Å²) in [6.45, 7) is 1.45. The Balaban J connectivity index is 3.53. The normalized spacial score (nSPS) is 9.86. The van der Waals surface area contributed by atoms with Gasteiger partial charge in [-0.15, -0.1) is 0 Å². The number of rotatable bonds is 2. The van der Waals surface area contributed by atoms with Crippen LogP contribution in [0.2, 0.25) is 0 Å². The van der Waals surface area contributed by atoms with Gasteiger partial charge >= 0.3 is 11.4 Å². The van der Waals surface area contributed by atoms with E-state index in [1.54, 1.807) is 0 Å². The third-order valence-electron chi connectivity index (χ3n) is 1.72. The Kier molecular flexibility index (Phi) is 2.80. The first-order chi connectivity index (χ1) is 6.45. The number of nitro groups is 2. The van der Waals surface area contributed by atoms with Gasteiger partial charge < -0.3 is 0 Å². The molecule has 0 fully saturated rings. The molecule has 0 aliphatic heterocycles. The SMILES string of the molecule is Cc1c(Br)ccc([N+](=O)[O-])c1[N+](=O)[O-]. The van der Waals surface area contributed by atoms with Crippen LogP contribution in [0.15, 0.2) is 16.6 Å². The monoisotopic (exact) mass is 260 g/mol. The lowest BCUT2D eigenvalue weighted by Gasteiger charge is -1.99. The molecule has 0 atom stereocenters. The predicted molar refractivity (Wildman–Crippen MR) is 52.2 cm³/mol. The standard InChI is InChI=1S/C7H5BrN2O4/c1-4-5(8)2-3-6(9(11)12)7(4)10(13)14/h2-3H,1H3. The molecule has 14 heavy (non-hydrogen) atoms. The first kappa shape index (κ1) is 10.6. The van der Waals surface area contributed by atoms with E-state index in [-0.39, 0.29) is 5.56 Å². The molecule has 1 rings (SSSR count). The largest absolute Gasteiger partial charge is 0.350 e. The van der Waals surface area contributed by atoms with E-state index in [1.165, 1.54) is 13.0 Å².